The van der Waals surface area contributed by atoms with E-state index in [4.69, 9.17) is 0 Å². The van der Waals surface area contributed by atoms with E-state index >= 15 is 0 Å². The molecule has 1 aromatic heterocycles. The number of nitrogens with zero attached hydrogens (tertiary/aromatic N) is 4. The highest BCUT2D eigenvalue weighted by atomic mass is 32.2. The van der Waals surface area contributed by atoms with Crippen LogP contribution in [0.15, 0.2) is 0 Å². The molecule has 2 aliphatic rings. The van der Waals surface area contributed by atoms with Gasteiger partial charge in [-0.3, -0.25) is 9.00 Å². The second kappa shape index (κ2) is 6.85. The monoisotopic (exact) mass is 325 g/mol. The Labute approximate surface area is 132 Å². The first-order valence-electron chi connectivity index (χ1n) is 8.09. The second-order valence-corrected chi connectivity index (χ2v) is 8.04. The summed E-state index contributed by atoms with van der Waals surface area (Å²) in [7, 11) is -1.30. The standard InChI is InChI=1S/C14H23N5O2S/c1-10(14(20)15-11-5-3-2-4-6-11)22(21)9-13-16-17-18-19(13)12-7-8-12/h10-12H,2-9H2,1H3,(H,15,20)/t10-,22-/m0/s1. The van der Waals surface area contributed by atoms with E-state index < -0.39 is 16.0 Å². The topological polar surface area (TPSA) is 89.8 Å². The van der Waals surface area contributed by atoms with Crippen molar-refractivity contribution >= 4 is 16.7 Å². The van der Waals surface area contributed by atoms with Crippen molar-refractivity contribution in [3.8, 4) is 0 Å². The van der Waals surface area contributed by atoms with Crippen LogP contribution in [-0.2, 0) is 21.3 Å². The zero-order valence-electron chi connectivity index (χ0n) is 12.9. The first kappa shape index (κ1) is 15.6. The quantitative estimate of drug-likeness (QED) is 0.846. The summed E-state index contributed by atoms with van der Waals surface area (Å²) in [5.74, 6) is 0.747. The van der Waals surface area contributed by atoms with Crippen molar-refractivity contribution in [1.29, 1.82) is 0 Å². The second-order valence-electron chi connectivity index (χ2n) is 6.28. The van der Waals surface area contributed by atoms with Crippen molar-refractivity contribution in [2.24, 2.45) is 0 Å². The predicted molar refractivity (Wildman–Crippen MR) is 82.4 cm³/mol. The van der Waals surface area contributed by atoms with Crippen LogP contribution >= 0.6 is 0 Å². The third-order valence-electron chi connectivity index (χ3n) is 4.44. The van der Waals surface area contributed by atoms with Gasteiger partial charge >= 0.3 is 0 Å². The molecular formula is C14H23N5O2S. The van der Waals surface area contributed by atoms with Gasteiger partial charge in [0.15, 0.2) is 5.82 Å². The molecule has 1 N–H and O–H groups in total. The molecule has 0 spiro atoms. The molecule has 2 fully saturated rings. The highest BCUT2D eigenvalue weighted by Crippen LogP contribution is 2.34. The Morgan fingerprint density at radius 1 is 1.32 bits per heavy atom. The van der Waals surface area contributed by atoms with Gasteiger partial charge in [0.05, 0.1) is 11.8 Å². The minimum Gasteiger partial charge on any atom is -0.352 e. The molecule has 8 heteroatoms. The fourth-order valence-corrected chi connectivity index (χ4v) is 3.85. The zero-order valence-corrected chi connectivity index (χ0v) is 13.7. The number of nitrogens with one attached hydrogen (secondary N) is 1. The minimum atomic E-state index is -1.30. The van der Waals surface area contributed by atoms with Gasteiger partial charge in [0.1, 0.15) is 5.25 Å². The Bertz CT molecular complexity index is 551. The fraction of sp³-hybridized carbons (Fsp3) is 0.857. The molecule has 2 atom stereocenters. The van der Waals surface area contributed by atoms with Crippen LogP contribution in [0.3, 0.4) is 0 Å². The molecule has 1 heterocycles. The summed E-state index contributed by atoms with van der Waals surface area (Å²) in [6.45, 7) is 1.72. The number of amides is 1. The third-order valence-corrected chi connectivity index (χ3v) is 5.99. The van der Waals surface area contributed by atoms with Gasteiger partial charge in [0.25, 0.3) is 0 Å². The molecule has 0 aromatic carbocycles. The molecular weight excluding hydrogens is 302 g/mol. The Hall–Kier alpha value is -1.31. The number of aromatic nitrogens is 4. The van der Waals surface area contributed by atoms with Crippen LogP contribution in [0.25, 0.3) is 0 Å². The van der Waals surface area contributed by atoms with Crippen molar-refractivity contribution in [1.82, 2.24) is 25.5 Å². The average molecular weight is 325 g/mol. The number of carbonyl (C=O) groups excluding carboxylic acids is 1. The first-order chi connectivity index (χ1) is 10.6. The van der Waals surface area contributed by atoms with Crippen LogP contribution in [0.5, 0.6) is 0 Å². The van der Waals surface area contributed by atoms with Crippen molar-refractivity contribution in [2.45, 2.75) is 75.0 Å². The van der Waals surface area contributed by atoms with E-state index in [0.717, 1.165) is 25.7 Å². The van der Waals surface area contributed by atoms with E-state index in [1.807, 2.05) is 0 Å². The molecule has 0 bridgehead atoms. The smallest absolute Gasteiger partial charge is 0.235 e. The van der Waals surface area contributed by atoms with E-state index in [2.05, 4.69) is 20.8 Å². The van der Waals surface area contributed by atoms with E-state index in [1.165, 1.54) is 19.3 Å². The Kier molecular flexibility index (Phi) is 4.85. The fourth-order valence-electron chi connectivity index (χ4n) is 2.85. The molecule has 1 amide bonds. The van der Waals surface area contributed by atoms with E-state index in [-0.39, 0.29) is 17.7 Å². The maximum absolute atomic E-state index is 12.4. The molecule has 1 aromatic rings. The largest absolute Gasteiger partial charge is 0.352 e. The van der Waals surface area contributed by atoms with E-state index in [1.54, 1.807) is 11.6 Å². The lowest BCUT2D eigenvalue weighted by molar-refractivity contribution is -0.121. The summed E-state index contributed by atoms with van der Waals surface area (Å²) in [5, 5.41) is 14.1. The Morgan fingerprint density at radius 3 is 2.73 bits per heavy atom. The average Bonchev–Trinajstić information content (AvgIpc) is 3.27. The summed E-state index contributed by atoms with van der Waals surface area (Å²) in [4.78, 5) is 12.2. The lowest BCUT2D eigenvalue weighted by atomic mass is 9.95. The molecule has 22 heavy (non-hydrogen) atoms. The van der Waals surface area contributed by atoms with Crippen molar-refractivity contribution in [3.05, 3.63) is 5.82 Å². The van der Waals surface area contributed by atoms with Crippen LogP contribution < -0.4 is 5.32 Å². The molecule has 2 saturated carbocycles. The molecule has 7 nitrogen and oxygen atoms in total. The van der Waals surface area contributed by atoms with Crippen molar-refractivity contribution < 1.29 is 9.00 Å². The van der Waals surface area contributed by atoms with E-state index in [9.17, 15) is 9.00 Å². The molecule has 0 radical (unpaired) electrons. The normalized spacial score (nSPS) is 22.2. The lowest BCUT2D eigenvalue weighted by Crippen LogP contribution is -2.43. The highest BCUT2D eigenvalue weighted by molar-refractivity contribution is 7.85. The zero-order chi connectivity index (χ0) is 15.5. The Morgan fingerprint density at radius 2 is 2.05 bits per heavy atom. The van der Waals surface area contributed by atoms with Gasteiger partial charge < -0.3 is 5.32 Å². The molecule has 0 aliphatic heterocycles. The van der Waals surface area contributed by atoms with Gasteiger partial charge in [-0.2, -0.15) is 0 Å². The van der Waals surface area contributed by atoms with Gasteiger partial charge in [0, 0.05) is 16.8 Å². The van der Waals surface area contributed by atoms with Gasteiger partial charge in [-0.05, 0) is 43.0 Å². The van der Waals surface area contributed by atoms with Gasteiger partial charge in [0.2, 0.25) is 5.91 Å². The summed E-state index contributed by atoms with van der Waals surface area (Å²) in [5.41, 5.74) is 0. The van der Waals surface area contributed by atoms with Crippen LogP contribution in [-0.4, -0.2) is 41.6 Å². The number of tetrazole rings is 1. The maximum Gasteiger partial charge on any atom is 0.235 e. The molecule has 122 valence electrons. The van der Waals surface area contributed by atoms with Gasteiger partial charge in [-0.15, -0.1) is 5.10 Å². The number of rotatable bonds is 6. The lowest BCUT2D eigenvalue weighted by Gasteiger charge is -2.24. The van der Waals surface area contributed by atoms with E-state index in [0.29, 0.717) is 11.9 Å². The number of carbonyl (C=O) groups is 1. The minimum absolute atomic E-state index is 0.115. The van der Waals surface area contributed by atoms with Crippen LogP contribution in [0.2, 0.25) is 0 Å². The van der Waals surface area contributed by atoms with Gasteiger partial charge in [-0.1, -0.05) is 19.3 Å². The maximum atomic E-state index is 12.4. The first-order valence-corrected chi connectivity index (χ1v) is 9.47. The van der Waals surface area contributed by atoms with Crippen LogP contribution in [0.1, 0.15) is 63.7 Å². The molecule has 0 unspecified atom stereocenters. The Balaban J connectivity index is 1.54. The summed E-state index contributed by atoms with van der Waals surface area (Å²) in [6, 6.07) is 0.603. The van der Waals surface area contributed by atoms with Crippen molar-refractivity contribution in [3.63, 3.8) is 0 Å². The van der Waals surface area contributed by atoms with Gasteiger partial charge in [-0.25, -0.2) is 4.68 Å². The highest BCUT2D eigenvalue weighted by Gasteiger charge is 2.30. The molecule has 3 rings (SSSR count). The SMILES string of the molecule is C[C@@H](C(=O)NC1CCCCC1)[S@@](=O)Cc1nnnn1C1CC1. The molecule has 0 saturated heterocycles. The van der Waals surface area contributed by atoms with Crippen molar-refractivity contribution in [2.75, 3.05) is 0 Å². The van der Waals surface area contributed by atoms with Crippen LogP contribution in [0.4, 0.5) is 0 Å². The summed E-state index contributed by atoms with van der Waals surface area (Å²) < 4.78 is 14.2. The molecule has 2 aliphatic carbocycles. The number of hydrogen-bond acceptors (Lipinski definition) is 5. The number of hydrogen-bond donors (Lipinski definition) is 1. The predicted octanol–water partition coefficient (Wildman–Crippen LogP) is 1.09. The third kappa shape index (κ3) is 3.71. The summed E-state index contributed by atoms with van der Waals surface area (Å²) in [6.07, 6.45) is 7.79. The summed E-state index contributed by atoms with van der Waals surface area (Å²) >= 11 is 0. The van der Waals surface area contributed by atoms with Crippen LogP contribution in [0, 0.1) is 0 Å².